The summed E-state index contributed by atoms with van der Waals surface area (Å²) in [6.45, 7) is 3.67. The van der Waals surface area contributed by atoms with Crippen LogP contribution in [0.1, 0.15) is 26.2 Å². The Morgan fingerprint density at radius 3 is 2.27 bits per heavy atom. The van der Waals surface area contributed by atoms with Crippen LogP contribution < -0.4 is 10.6 Å². The predicted octanol–water partition coefficient (Wildman–Crippen LogP) is 3.52. The number of rotatable bonds is 6. The van der Waals surface area contributed by atoms with Gasteiger partial charge in [-0.2, -0.15) is 0 Å². The van der Waals surface area contributed by atoms with Gasteiger partial charge < -0.3 is 15.0 Å². The third-order valence-corrected chi connectivity index (χ3v) is 3.52. The molecule has 2 rings (SSSR count). The minimum Gasteiger partial charge on any atom is -0.453 e. The summed E-state index contributed by atoms with van der Waals surface area (Å²) in [7, 11) is 1.31. The van der Waals surface area contributed by atoms with Crippen LogP contribution in [0.4, 0.5) is 21.0 Å². The predicted molar refractivity (Wildman–Crippen MR) is 86.1 cm³/mol. The Hall–Kier alpha value is -2.24. The Balaban J connectivity index is 1.90. The smallest absolute Gasteiger partial charge is 0.411 e. The molecule has 0 saturated heterocycles. The van der Waals surface area contributed by atoms with E-state index < -0.39 is 6.09 Å². The molecule has 1 aromatic carbocycles. The lowest BCUT2D eigenvalue weighted by molar-refractivity contribution is 0.187. The number of amides is 3. The summed E-state index contributed by atoms with van der Waals surface area (Å²) in [6, 6.07) is 6.88. The van der Waals surface area contributed by atoms with Crippen LogP contribution in [0, 0.1) is 5.92 Å². The van der Waals surface area contributed by atoms with Crippen molar-refractivity contribution in [3.8, 4) is 0 Å². The Kier molecular flexibility index (Phi) is 5.63. The second-order valence-electron chi connectivity index (χ2n) is 5.51. The second kappa shape index (κ2) is 7.68. The molecule has 1 aliphatic carbocycles. The molecule has 1 aromatic rings. The zero-order valence-electron chi connectivity index (χ0n) is 13.1. The number of urea groups is 1. The van der Waals surface area contributed by atoms with Crippen molar-refractivity contribution in [2.24, 2.45) is 5.92 Å². The first-order valence-corrected chi connectivity index (χ1v) is 7.63. The van der Waals surface area contributed by atoms with Crippen molar-refractivity contribution in [1.82, 2.24) is 4.90 Å². The van der Waals surface area contributed by atoms with Crippen molar-refractivity contribution >= 4 is 23.5 Å². The molecule has 6 heteroatoms. The molecule has 22 heavy (non-hydrogen) atoms. The molecule has 0 unspecified atom stereocenters. The van der Waals surface area contributed by atoms with Gasteiger partial charge in [-0.15, -0.1) is 0 Å². The number of carbonyl (C=O) groups excluding carboxylic acids is 2. The summed E-state index contributed by atoms with van der Waals surface area (Å²) in [5.41, 5.74) is 1.32. The van der Waals surface area contributed by atoms with Crippen molar-refractivity contribution < 1.29 is 14.3 Å². The Morgan fingerprint density at radius 1 is 1.18 bits per heavy atom. The van der Waals surface area contributed by atoms with Gasteiger partial charge in [0.15, 0.2) is 0 Å². The van der Waals surface area contributed by atoms with Crippen LogP contribution in [0.3, 0.4) is 0 Å². The van der Waals surface area contributed by atoms with E-state index in [0.29, 0.717) is 17.3 Å². The number of benzene rings is 1. The van der Waals surface area contributed by atoms with E-state index in [4.69, 9.17) is 0 Å². The molecule has 0 bridgehead atoms. The van der Waals surface area contributed by atoms with Crippen LogP contribution in [-0.2, 0) is 4.74 Å². The van der Waals surface area contributed by atoms with Crippen LogP contribution in [0.5, 0.6) is 0 Å². The number of hydrogen-bond donors (Lipinski definition) is 2. The largest absolute Gasteiger partial charge is 0.453 e. The van der Waals surface area contributed by atoms with Crippen LogP contribution in [0.25, 0.3) is 0 Å². The minimum atomic E-state index is -0.518. The fourth-order valence-electron chi connectivity index (χ4n) is 2.17. The van der Waals surface area contributed by atoms with Crippen molar-refractivity contribution in [1.29, 1.82) is 0 Å². The molecule has 1 aliphatic rings. The van der Waals surface area contributed by atoms with E-state index in [2.05, 4.69) is 22.3 Å². The van der Waals surface area contributed by atoms with Gasteiger partial charge in [0, 0.05) is 24.5 Å². The Labute approximate surface area is 130 Å². The summed E-state index contributed by atoms with van der Waals surface area (Å²) in [4.78, 5) is 25.3. The van der Waals surface area contributed by atoms with Crippen LogP contribution in [-0.4, -0.2) is 37.2 Å². The molecular weight excluding hydrogens is 282 g/mol. The molecule has 0 radical (unpaired) electrons. The first-order chi connectivity index (χ1) is 10.6. The van der Waals surface area contributed by atoms with Gasteiger partial charge in [0.25, 0.3) is 0 Å². The maximum absolute atomic E-state index is 12.3. The lowest BCUT2D eigenvalue weighted by Gasteiger charge is -2.22. The monoisotopic (exact) mass is 305 g/mol. The number of anilines is 2. The number of nitrogens with zero attached hydrogens (tertiary/aromatic N) is 1. The molecule has 1 saturated carbocycles. The van der Waals surface area contributed by atoms with Gasteiger partial charge in [-0.25, -0.2) is 9.59 Å². The third kappa shape index (κ3) is 4.95. The molecule has 0 aromatic heterocycles. The summed E-state index contributed by atoms with van der Waals surface area (Å²) in [5, 5.41) is 5.46. The fraction of sp³-hybridized carbons (Fsp3) is 0.500. The number of hydrogen-bond acceptors (Lipinski definition) is 3. The summed E-state index contributed by atoms with van der Waals surface area (Å²) in [5.74, 6) is 0.670. The fourth-order valence-corrected chi connectivity index (χ4v) is 2.17. The van der Waals surface area contributed by atoms with Gasteiger partial charge in [0.1, 0.15) is 0 Å². The molecule has 6 nitrogen and oxygen atoms in total. The minimum absolute atomic E-state index is 0.0672. The van der Waals surface area contributed by atoms with Gasteiger partial charge in [-0.3, -0.25) is 5.32 Å². The number of nitrogens with one attached hydrogen (secondary N) is 2. The van der Waals surface area contributed by atoms with E-state index in [0.717, 1.165) is 19.5 Å². The molecular formula is C16H23N3O3. The maximum atomic E-state index is 12.3. The summed E-state index contributed by atoms with van der Waals surface area (Å²) in [6.07, 6.45) is 2.88. The molecule has 120 valence electrons. The van der Waals surface area contributed by atoms with E-state index in [1.54, 1.807) is 24.3 Å². The zero-order valence-corrected chi connectivity index (χ0v) is 13.1. The van der Waals surface area contributed by atoms with Crippen molar-refractivity contribution in [2.75, 3.05) is 30.8 Å². The van der Waals surface area contributed by atoms with E-state index in [9.17, 15) is 9.59 Å². The standard InChI is InChI=1S/C16H23N3O3/c1-3-10-19(11-12-4-5-12)15(20)17-13-6-8-14(9-7-13)18-16(21)22-2/h6-9,12H,3-5,10-11H2,1-2H3,(H,17,20)(H,18,21). The summed E-state index contributed by atoms with van der Waals surface area (Å²) < 4.78 is 4.52. The van der Waals surface area contributed by atoms with Crippen LogP contribution in [0.2, 0.25) is 0 Å². The average Bonchev–Trinajstić information content (AvgIpc) is 3.32. The Bertz CT molecular complexity index is 512. The Morgan fingerprint density at radius 2 is 1.77 bits per heavy atom. The highest BCUT2D eigenvalue weighted by atomic mass is 16.5. The van der Waals surface area contributed by atoms with Gasteiger partial charge >= 0.3 is 12.1 Å². The van der Waals surface area contributed by atoms with Crippen molar-refractivity contribution in [3.63, 3.8) is 0 Å². The van der Waals surface area contributed by atoms with Crippen molar-refractivity contribution in [2.45, 2.75) is 26.2 Å². The molecule has 2 N–H and O–H groups in total. The molecule has 0 atom stereocenters. The highest BCUT2D eigenvalue weighted by Crippen LogP contribution is 2.30. The summed E-state index contributed by atoms with van der Waals surface area (Å²) >= 11 is 0. The molecule has 0 spiro atoms. The van der Waals surface area contributed by atoms with E-state index >= 15 is 0 Å². The van der Waals surface area contributed by atoms with E-state index in [1.165, 1.54) is 20.0 Å². The topological polar surface area (TPSA) is 70.7 Å². The van der Waals surface area contributed by atoms with Gasteiger partial charge in [-0.05, 0) is 49.4 Å². The van der Waals surface area contributed by atoms with Crippen molar-refractivity contribution in [3.05, 3.63) is 24.3 Å². The van der Waals surface area contributed by atoms with Gasteiger partial charge in [-0.1, -0.05) is 6.92 Å². The molecule has 3 amide bonds. The van der Waals surface area contributed by atoms with E-state index in [1.807, 2.05) is 4.90 Å². The SMILES string of the molecule is CCCN(CC1CC1)C(=O)Nc1ccc(NC(=O)OC)cc1. The highest BCUT2D eigenvalue weighted by molar-refractivity contribution is 5.90. The number of carbonyl (C=O) groups is 2. The average molecular weight is 305 g/mol. The maximum Gasteiger partial charge on any atom is 0.411 e. The van der Waals surface area contributed by atoms with Crippen LogP contribution in [0.15, 0.2) is 24.3 Å². The normalized spacial score (nSPS) is 13.4. The molecule has 0 aliphatic heterocycles. The highest BCUT2D eigenvalue weighted by Gasteiger charge is 2.26. The first-order valence-electron chi connectivity index (χ1n) is 7.63. The van der Waals surface area contributed by atoms with Gasteiger partial charge in [0.2, 0.25) is 0 Å². The van der Waals surface area contributed by atoms with Crippen LogP contribution >= 0.6 is 0 Å². The number of ether oxygens (including phenoxy) is 1. The first kappa shape index (κ1) is 16.1. The van der Waals surface area contributed by atoms with E-state index in [-0.39, 0.29) is 6.03 Å². The molecule has 0 heterocycles. The lowest BCUT2D eigenvalue weighted by atomic mass is 10.3. The third-order valence-electron chi connectivity index (χ3n) is 3.52. The van der Waals surface area contributed by atoms with Gasteiger partial charge in [0.05, 0.1) is 7.11 Å². The quantitative estimate of drug-likeness (QED) is 0.844. The zero-order chi connectivity index (χ0) is 15.9. The lowest BCUT2D eigenvalue weighted by Crippen LogP contribution is -2.37. The molecule has 1 fully saturated rings. The number of methoxy groups -OCH3 is 1. The second-order valence-corrected chi connectivity index (χ2v) is 5.51.